The van der Waals surface area contributed by atoms with E-state index >= 15 is 0 Å². The molecule has 3 aromatic rings. The van der Waals surface area contributed by atoms with E-state index in [-0.39, 0.29) is 0 Å². The van der Waals surface area contributed by atoms with Gasteiger partial charge in [0, 0.05) is 10.8 Å². The first kappa shape index (κ1) is 16.4. The van der Waals surface area contributed by atoms with Gasteiger partial charge in [0.25, 0.3) is 11.1 Å². The van der Waals surface area contributed by atoms with Gasteiger partial charge in [0.2, 0.25) is 0 Å². The molecule has 0 unspecified atom stereocenters. The van der Waals surface area contributed by atoms with Gasteiger partial charge in [-0.2, -0.15) is 0 Å². The van der Waals surface area contributed by atoms with Gasteiger partial charge in [-0.1, -0.05) is 23.4 Å². The molecule has 3 rings (SSSR count). The first-order valence-corrected chi connectivity index (χ1v) is 8.88. The van der Waals surface area contributed by atoms with Crippen molar-refractivity contribution in [1.29, 1.82) is 0 Å². The molecule has 0 saturated heterocycles. The highest BCUT2D eigenvalue weighted by Gasteiger charge is 2.13. The van der Waals surface area contributed by atoms with Crippen LogP contribution in [0.5, 0.6) is 5.75 Å². The Bertz CT molecular complexity index is 806. The second-order valence-electron chi connectivity index (χ2n) is 4.54. The maximum atomic E-state index is 5.89. The van der Waals surface area contributed by atoms with E-state index in [1.54, 1.807) is 24.5 Å². The number of hydrogen-bond acceptors (Lipinski definition) is 6. The van der Waals surface area contributed by atoms with Gasteiger partial charge in [-0.25, -0.2) is 0 Å². The van der Waals surface area contributed by atoms with Gasteiger partial charge in [0.15, 0.2) is 0 Å². The number of aromatic nitrogens is 2. The highest BCUT2D eigenvalue weighted by molar-refractivity contribution is 9.10. The van der Waals surface area contributed by atoms with E-state index in [1.165, 1.54) is 11.8 Å². The summed E-state index contributed by atoms with van der Waals surface area (Å²) in [7, 11) is 0. The third-order valence-electron chi connectivity index (χ3n) is 2.96. The molecular formula is C15H12BrClN2O3S. The molecule has 0 spiro atoms. The number of furan rings is 1. The summed E-state index contributed by atoms with van der Waals surface area (Å²) in [6.07, 6.45) is 1.60. The third kappa shape index (κ3) is 4.10. The van der Waals surface area contributed by atoms with E-state index in [0.717, 1.165) is 21.5 Å². The minimum Gasteiger partial charge on any atom is -0.492 e. The summed E-state index contributed by atoms with van der Waals surface area (Å²) in [5.74, 6) is 2.64. The molecule has 0 amide bonds. The van der Waals surface area contributed by atoms with Crippen molar-refractivity contribution in [1.82, 2.24) is 10.2 Å². The Labute approximate surface area is 150 Å². The molecule has 0 bridgehead atoms. The van der Waals surface area contributed by atoms with Crippen LogP contribution in [-0.2, 0) is 0 Å². The molecule has 0 saturated carbocycles. The van der Waals surface area contributed by atoms with Gasteiger partial charge in [-0.05, 0) is 47.1 Å². The quantitative estimate of drug-likeness (QED) is 0.406. The largest absolute Gasteiger partial charge is 0.492 e. The monoisotopic (exact) mass is 414 g/mol. The molecule has 0 aliphatic rings. The van der Waals surface area contributed by atoms with Crippen molar-refractivity contribution in [2.75, 3.05) is 12.4 Å². The van der Waals surface area contributed by atoms with E-state index in [1.807, 2.05) is 13.0 Å². The number of nitrogens with zero attached hydrogens (tertiary/aromatic N) is 2. The average molecular weight is 416 g/mol. The fourth-order valence-corrected chi connectivity index (χ4v) is 3.23. The lowest BCUT2D eigenvalue weighted by Gasteiger charge is -2.07. The zero-order valence-corrected chi connectivity index (χ0v) is 15.2. The molecule has 0 fully saturated rings. The van der Waals surface area contributed by atoms with Crippen LogP contribution in [0, 0.1) is 6.92 Å². The van der Waals surface area contributed by atoms with Gasteiger partial charge in [-0.3, -0.25) is 0 Å². The van der Waals surface area contributed by atoms with Crippen LogP contribution >= 0.6 is 39.3 Å². The summed E-state index contributed by atoms with van der Waals surface area (Å²) < 4.78 is 17.3. The molecule has 2 heterocycles. The van der Waals surface area contributed by atoms with Gasteiger partial charge in [0.05, 0.1) is 22.9 Å². The Balaban J connectivity index is 1.51. The Morgan fingerprint density at radius 2 is 2.17 bits per heavy atom. The van der Waals surface area contributed by atoms with Crippen LogP contribution in [0.3, 0.4) is 0 Å². The first-order valence-electron chi connectivity index (χ1n) is 6.72. The highest BCUT2D eigenvalue weighted by atomic mass is 79.9. The normalized spacial score (nSPS) is 10.9. The molecule has 0 atom stereocenters. The summed E-state index contributed by atoms with van der Waals surface area (Å²) in [4.78, 5) is 0. The minimum atomic E-state index is 0.458. The Morgan fingerprint density at radius 1 is 1.30 bits per heavy atom. The van der Waals surface area contributed by atoms with Crippen molar-refractivity contribution in [2.24, 2.45) is 0 Å². The topological polar surface area (TPSA) is 61.3 Å². The van der Waals surface area contributed by atoms with Crippen molar-refractivity contribution in [3.05, 3.63) is 45.8 Å². The predicted molar refractivity (Wildman–Crippen MR) is 92.1 cm³/mol. The number of thioether (sulfide) groups is 1. The van der Waals surface area contributed by atoms with Crippen LogP contribution < -0.4 is 4.74 Å². The number of benzene rings is 1. The average Bonchev–Trinajstić information content (AvgIpc) is 3.14. The summed E-state index contributed by atoms with van der Waals surface area (Å²) in [5, 5.41) is 9.19. The predicted octanol–water partition coefficient (Wildman–Crippen LogP) is 5.23. The fourth-order valence-electron chi connectivity index (χ4n) is 1.86. The molecule has 0 aliphatic heterocycles. The first-order chi connectivity index (χ1) is 11.1. The summed E-state index contributed by atoms with van der Waals surface area (Å²) in [6, 6.07) is 7.20. The molecule has 0 radical (unpaired) electrons. The third-order valence-corrected chi connectivity index (χ3v) is 4.59. The maximum absolute atomic E-state index is 5.89. The molecule has 23 heavy (non-hydrogen) atoms. The molecule has 8 heteroatoms. The smallest absolute Gasteiger partial charge is 0.276 e. The van der Waals surface area contributed by atoms with Crippen molar-refractivity contribution in [3.63, 3.8) is 0 Å². The Morgan fingerprint density at radius 3 is 2.91 bits per heavy atom. The Kier molecular flexibility index (Phi) is 5.30. The number of ether oxygens (including phenoxy) is 1. The molecule has 0 aliphatic carbocycles. The number of halogens is 2. The number of aryl methyl sites for hydroxylation is 1. The summed E-state index contributed by atoms with van der Waals surface area (Å²) in [6.45, 7) is 2.36. The second kappa shape index (κ2) is 7.42. The summed E-state index contributed by atoms with van der Waals surface area (Å²) in [5.41, 5.74) is 0.811. The van der Waals surface area contributed by atoms with E-state index in [4.69, 9.17) is 25.2 Å². The number of hydrogen-bond donors (Lipinski definition) is 0. The Hall–Kier alpha value is -1.44. The zero-order chi connectivity index (χ0) is 16.2. The molecule has 2 aromatic heterocycles. The molecule has 5 nitrogen and oxygen atoms in total. The highest BCUT2D eigenvalue weighted by Crippen LogP contribution is 2.29. The van der Waals surface area contributed by atoms with Gasteiger partial charge >= 0.3 is 0 Å². The second-order valence-corrected chi connectivity index (χ2v) is 6.87. The van der Waals surface area contributed by atoms with Gasteiger partial charge in [0.1, 0.15) is 11.5 Å². The standard InChI is InChI=1S/C15H12BrClN2O3S/c1-9-11(4-5-20-9)14-18-19-15(22-14)23-7-6-21-13-3-2-10(17)8-12(13)16/h2-5,8H,6-7H2,1H3. The van der Waals surface area contributed by atoms with Crippen molar-refractivity contribution >= 4 is 39.3 Å². The van der Waals surface area contributed by atoms with Crippen LogP contribution in [0.2, 0.25) is 5.02 Å². The van der Waals surface area contributed by atoms with E-state index in [2.05, 4.69) is 26.1 Å². The zero-order valence-electron chi connectivity index (χ0n) is 12.1. The van der Waals surface area contributed by atoms with Gasteiger partial charge < -0.3 is 13.6 Å². The lowest BCUT2D eigenvalue weighted by atomic mass is 10.3. The fraction of sp³-hybridized carbons (Fsp3) is 0.200. The maximum Gasteiger partial charge on any atom is 0.276 e. The van der Waals surface area contributed by atoms with Crippen LogP contribution in [0.25, 0.3) is 11.5 Å². The lowest BCUT2D eigenvalue weighted by Crippen LogP contribution is -2.00. The summed E-state index contributed by atoms with van der Waals surface area (Å²) >= 11 is 10.7. The van der Waals surface area contributed by atoms with Crippen LogP contribution in [-0.4, -0.2) is 22.6 Å². The van der Waals surface area contributed by atoms with Crippen LogP contribution in [0.1, 0.15) is 5.76 Å². The van der Waals surface area contributed by atoms with Crippen LogP contribution in [0.15, 0.2) is 49.1 Å². The van der Waals surface area contributed by atoms with Gasteiger partial charge in [-0.15, -0.1) is 10.2 Å². The van der Waals surface area contributed by atoms with E-state index < -0.39 is 0 Å². The minimum absolute atomic E-state index is 0.458. The molecular weight excluding hydrogens is 404 g/mol. The lowest BCUT2D eigenvalue weighted by molar-refractivity contribution is 0.341. The van der Waals surface area contributed by atoms with E-state index in [9.17, 15) is 0 Å². The van der Waals surface area contributed by atoms with Crippen LogP contribution in [0.4, 0.5) is 0 Å². The van der Waals surface area contributed by atoms with Crippen molar-refractivity contribution in [2.45, 2.75) is 12.1 Å². The molecule has 120 valence electrons. The SMILES string of the molecule is Cc1occc1-c1nnc(SCCOc2ccc(Cl)cc2Br)o1. The molecule has 1 aromatic carbocycles. The van der Waals surface area contributed by atoms with Crippen molar-refractivity contribution in [3.8, 4) is 17.2 Å². The molecule has 0 N–H and O–H groups in total. The number of rotatable bonds is 6. The van der Waals surface area contributed by atoms with E-state index in [0.29, 0.717) is 28.5 Å². The van der Waals surface area contributed by atoms with Crippen molar-refractivity contribution < 1.29 is 13.6 Å².